The first-order valence-corrected chi connectivity index (χ1v) is 3.87. The standard InChI is InChI=1S/C9H5F3O2/c10-9(11,12)6-2-1-5-3-8(13)14-7(5)4-6/h1-2,4H,3H2. The maximum Gasteiger partial charge on any atom is 0.416 e. The molecule has 0 radical (unpaired) electrons. The Hall–Kier alpha value is -1.52. The minimum absolute atomic E-state index is 0.0184. The number of fused-ring (bicyclic) bond motifs is 1. The second kappa shape index (κ2) is 2.73. The minimum Gasteiger partial charge on any atom is -0.426 e. The van der Waals surface area contributed by atoms with Crippen molar-refractivity contribution in [3.05, 3.63) is 29.3 Å². The second-order valence-corrected chi connectivity index (χ2v) is 2.97. The maximum atomic E-state index is 12.2. The summed E-state index contributed by atoms with van der Waals surface area (Å²) in [7, 11) is 0. The monoisotopic (exact) mass is 202 g/mol. The van der Waals surface area contributed by atoms with Crippen LogP contribution < -0.4 is 4.74 Å². The van der Waals surface area contributed by atoms with Crippen LogP contribution in [0.15, 0.2) is 18.2 Å². The van der Waals surface area contributed by atoms with E-state index in [0.29, 0.717) is 5.56 Å². The third kappa shape index (κ3) is 1.45. The van der Waals surface area contributed by atoms with Crippen LogP contribution in [0.3, 0.4) is 0 Å². The number of alkyl halides is 3. The summed E-state index contributed by atoms with van der Waals surface area (Å²) in [6, 6.07) is 3.06. The third-order valence-electron chi connectivity index (χ3n) is 1.95. The van der Waals surface area contributed by atoms with Gasteiger partial charge in [-0.1, -0.05) is 6.07 Å². The van der Waals surface area contributed by atoms with Gasteiger partial charge in [0.25, 0.3) is 0 Å². The van der Waals surface area contributed by atoms with E-state index in [1.807, 2.05) is 0 Å². The van der Waals surface area contributed by atoms with E-state index in [9.17, 15) is 18.0 Å². The Bertz CT molecular complexity index is 396. The number of esters is 1. The van der Waals surface area contributed by atoms with Gasteiger partial charge in [0.1, 0.15) is 5.75 Å². The SMILES string of the molecule is O=C1Cc2ccc(C(F)(F)F)cc2O1. The van der Waals surface area contributed by atoms with Gasteiger partial charge in [-0.3, -0.25) is 4.79 Å². The summed E-state index contributed by atoms with van der Waals surface area (Å²) < 4.78 is 41.2. The first kappa shape index (κ1) is 9.05. The lowest BCUT2D eigenvalue weighted by atomic mass is 10.1. The van der Waals surface area contributed by atoms with Crippen LogP contribution >= 0.6 is 0 Å². The smallest absolute Gasteiger partial charge is 0.416 e. The predicted molar refractivity (Wildman–Crippen MR) is 40.8 cm³/mol. The largest absolute Gasteiger partial charge is 0.426 e. The third-order valence-corrected chi connectivity index (χ3v) is 1.95. The highest BCUT2D eigenvalue weighted by atomic mass is 19.4. The molecule has 1 aliphatic heterocycles. The molecule has 0 saturated heterocycles. The van der Waals surface area contributed by atoms with E-state index in [2.05, 4.69) is 4.74 Å². The number of hydrogen-bond acceptors (Lipinski definition) is 2. The highest BCUT2D eigenvalue weighted by Crippen LogP contribution is 2.35. The zero-order valence-corrected chi connectivity index (χ0v) is 6.89. The molecule has 0 aliphatic carbocycles. The molecule has 1 aromatic rings. The van der Waals surface area contributed by atoms with Gasteiger partial charge < -0.3 is 4.74 Å². The molecule has 0 amide bonds. The Morgan fingerprint density at radius 1 is 1.29 bits per heavy atom. The van der Waals surface area contributed by atoms with Gasteiger partial charge in [-0.15, -0.1) is 0 Å². The van der Waals surface area contributed by atoms with Crippen molar-refractivity contribution in [2.45, 2.75) is 12.6 Å². The number of hydrogen-bond donors (Lipinski definition) is 0. The average Bonchev–Trinajstić information content (AvgIpc) is 2.41. The van der Waals surface area contributed by atoms with E-state index in [0.717, 1.165) is 12.1 Å². The Morgan fingerprint density at radius 3 is 2.64 bits per heavy atom. The zero-order valence-electron chi connectivity index (χ0n) is 6.89. The molecular formula is C9H5F3O2. The van der Waals surface area contributed by atoms with Crippen LogP contribution in [0.1, 0.15) is 11.1 Å². The Morgan fingerprint density at radius 2 is 2.00 bits per heavy atom. The topological polar surface area (TPSA) is 26.3 Å². The van der Waals surface area contributed by atoms with Gasteiger partial charge in [-0.2, -0.15) is 13.2 Å². The van der Waals surface area contributed by atoms with Crippen molar-refractivity contribution >= 4 is 5.97 Å². The summed E-state index contributed by atoms with van der Waals surface area (Å²) in [5, 5.41) is 0. The van der Waals surface area contributed by atoms with Crippen molar-refractivity contribution in [2.75, 3.05) is 0 Å². The number of benzene rings is 1. The molecule has 1 aromatic carbocycles. The highest BCUT2D eigenvalue weighted by Gasteiger charge is 2.32. The van der Waals surface area contributed by atoms with Crippen LogP contribution in [0.5, 0.6) is 5.75 Å². The molecule has 2 rings (SSSR count). The van der Waals surface area contributed by atoms with Crippen molar-refractivity contribution in [1.82, 2.24) is 0 Å². The Kier molecular flexibility index (Phi) is 1.77. The van der Waals surface area contributed by atoms with Gasteiger partial charge in [0.05, 0.1) is 12.0 Å². The molecular weight excluding hydrogens is 197 g/mol. The van der Waals surface area contributed by atoms with E-state index in [4.69, 9.17) is 0 Å². The van der Waals surface area contributed by atoms with Gasteiger partial charge in [-0.25, -0.2) is 0 Å². The number of halogens is 3. The first-order chi connectivity index (χ1) is 6.47. The molecule has 0 bridgehead atoms. The molecule has 1 aliphatic rings. The van der Waals surface area contributed by atoms with Crippen LogP contribution in [0.4, 0.5) is 13.2 Å². The summed E-state index contributed by atoms with van der Waals surface area (Å²) in [6.45, 7) is 0. The molecule has 74 valence electrons. The van der Waals surface area contributed by atoms with Gasteiger partial charge in [0.15, 0.2) is 0 Å². The van der Waals surface area contributed by atoms with Crippen molar-refractivity contribution in [3.8, 4) is 5.75 Å². The minimum atomic E-state index is -4.40. The molecule has 0 unspecified atom stereocenters. The number of ether oxygens (including phenoxy) is 1. The van der Waals surface area contributed by atoms with Crippen molar-refractivity contribution in [2.24, 2.45) is 0 Å². The van der Waals surface area contributed by atoms with E-state index in [1.54, 1.807) is 0 Å². The zero-order chi connectivity index (χ0) is 10.3. The second-order valence-electron chi connectivity index (χ2n) is 2.97. The fourth-order valence-electron chi connectivity index (χ4n) is 1.29. The van der Waals surface area contributed by atoms with E-state index >= 15 is 0 Å². The van der Waals surface area contributed by atoms with Crippen LogP contribution in [0.2, 0.25) is 0 Å². The quantitative estimate of drug-likeness (QED) is 0.476. The summed E-state index contributed by atoms with van der Waals surface area (Å²) in [5.74, 6) is -0.496. The molecule has 0 N–H and O–H groups in total. The summed E-state index contributed by atoms with van der Waals surface area (Å²) in [5.41, 5.74) is -0.297. The first-order valence-electron chi connectivity index (χ1n) is 3.87. The van der Waals surface area contributed by atoms with Crippen molar-refractivity contribution < 1.29 is 22.7 Å². The maximum absolute atomic E-state index is 12.2. The fraction of sp³-hybridized carbons (Fsp3) is 0.222. The van der Waals surface area contributed by atoms with E-state index in [-0.39, 0.29) is 12.2 Å². The lowest BCUT2D eigenvalue weighted by molar-refractivity contribution is -0.138. The van der Waals surface area contributed by atoms with Gasteiger partial charge in [-0.05, 0) is 12.1 Å². The Balaban J connectivity index is 2.43. The highest BCUT2D eigenvalue weighted by molar-refractivity contribution is 5.81. The molecule has 5 heteroatoms. The lowest BCUT2D eigenvalue weighted by Gasteiger charge is -2.07. The molecule has 0 atom stereocenters. The molecule has 1 heterocycles. The van der Waals surface area contributed by atoms with Crippen LogP contribution in [0.25, 0.3) is 0 Å². The van der Waals surface area contributed by atoms with Gasteiger partial charge >= 0.3 is 12.1 Å². The predicted octanol–water partition coefficient (Wildman–Crippen LogP) is 2.17. The Labute approximate surface area is 77.3 Å². The summed E-state index contributed by atoms with van der Waals surface area (Å²) in [6.07, 6.45) is -4.35. The average molecular weight is 202 g/mol. The molecule has 0 saturated carbocycles. The van der Waals surface area contributed by atoms with Gasteiger partial charge in [0, 0.05) is 5.56 Å². The number of rotatable bonds is 0. The number of carbonyl (C=O) groups is 1. The molecule has 14 heavy (non-hydrogen) atoms. The summed E-state index contributed by atoms with van der Waals surface area (Å²) >= 11 is 0. The molecule has 2 nitrogen and oxygen atoms in total. The normalized spacial score (nSPS) is 15.2. The van der Waals surface area contributed by atoms with Crippen LogP contribution in [-0.4, -0.2) is 5.97 Å². The van der Waals surface area contributed by atoms with Crippen LogP contribution in [-0.2, 0) is 17.4 Å². The molecule has 0 fully saturated rings. The van der Waals surface area contributed by atoms with Crippen molar-refractivity contribution in [3.63, 3.8) is 0 Å². The lowest BCUT2D eigenvalue weighted by Crippen LogP contribution is -2.04. The summed E-state index contributed by atoms with van der Waals surface area (Å²) in [4.78, 5) is 10.8. The van der Waals surface area contributed by atoms with Crippen molar-refractivity contribution in [1.29, 1.82) is 0 Å². The molecule has 0 aromatic heterocycles. The van der Waals surface area contributed by atoms with E-state index in [1.165, 1.54) is 6.07 Å². The van der Waals surface area contributed by atoms with Crippen LogP contribution in [0, 0.1) is 0 Å². The van der Waals surface area contributed by atoms with E-state index < -0.39 is 17.7 Å². The number of carbonyl (C=O) groups excluding carboxylic acids is 1. The van der Waals surface area contributed by atoms with Gasteiger partial charge in [0.2, 0.25) is 0 Å². The molecule has 0 spiro atoms. The fourth-order valence-corrected chi connectivity index (χ4v) is 1.29.